The highest BCUT2D eigenvalue weighted by Gasteiger charge is 2.15. The lowest BCUT2D eigenvalue weighted by Gasteiger charge is -2.12. The molecule has 0 radical (unpaired) electrons. The summed E-state index contributed by atoms with van der Waals surface area (Å²) in [5.41, 5.74) is 6.78. The molecular formula is C14H19BrN2O2. The second kappa shape index (κ2) is 6.91. The summed E-state index contributed by atoms with van der Waals surface area (Å²) in [5, 5.41) is 2.82. The Morgan fingerprint density at radius 2 is 2.16 bits per heavy atom. The largest absolute Gasteiger partial charge is 0.398 e. The van der Waals surface area contributed by atoms with Gasteiger partial charge in [-0.25, -0.2) is 0 Å². The zero-order valence-corrected chi connectivity index (χ0v) is 12.4. The molecule has 19 heavy (non-hydrogen) atoms. The van der Waals surface area contributed by atoms with E-state index in [0.29, 0.717) is 30.5 Å². The predicted octanol–water partition coefficient (Wildman–Crippen LogP) is 2.72. The molecular weight excluding hydrogens is 308 g/mol. The van der Waals surface area contributed by atoms with E-state index in [4.69, 9.17) is 10.5 Å². The number of ether oxygens (including phenoxy) is 1. The third-order valence-electron chi connectivity index (χ3n) is 3.30. The highest BCUT2D eigenvalue weighted by atomic mass is 79.9. The number of rotatable bonds is 5. The quantitative estimate of drug-likeness (QED) is 0.646. The van der Waals surface area contributed by atoms with Crippen LogP contribution in [-0.2, 0) is 4.74 Å². The zero-order chi connectivity index (χ0) is 13.7. The fraction of sp³-hybridized carbons (Fsp3) is 0.500. The van der Waals surface area contributed by atoms with E-state index >= 15 is 0 Å². The first-order valence-electron chi connectivity index (χ1n) is 6.61. The summed E-state index contributed by atoms with van der Waals surface area (Å²) in [5.74, 6) is -0.153. The van der Waals surface area contributed by atoms with Crippen molar-refractivity contribution in [2.24, 2.45) is 0 Å². The van der Waals surface area contributed by atoms with Crippen molar-refractivity contribution < 1.29 is 9.53 Å². The number of anilines is 1. The van der Waals surface area contributed by atoms with Crippen molar-refractivity contribution in [1.29, 1.82) is 0 Å². The third kappa shape index (κ3) is 4.21. The minimum atomic E-state index is -0.153. The molecule has 104 valence electrons. The van der Waals surface area contributed by atoms with Crippen molar-refractivity contribution in [3.8, 4) is 0 Å². The van der Waals surface area contributed by atoms with E-state index in [1.807, 2.05) is 0 Å². The second-order valence-corrected chi connectivity index (χ2v) is 5.68. The number of benzene rings is 1. The number of halogens is 1. The van der Waals surface area contributed by atoms with Crippen LogP contribution in [0.2, 0.25) is 0 Å². The molecule has 0 atom stereocenters. The first-order valence-corrected chi connectivity index (χ1v) is 7.41. The Balaban J connectivity index is 1.74. The Bertz CT molecular complexity index is 445. The molecule has 0 aliphatic heterocycles. The van der Waals surface area contributed by atoms with Crippen LogP contribution < -0.4 is 11.1 Å². The summed E-state index contributed by atoms with van der Waals surface area (Å²) in [6.07, 6.45) is 5.19. The van der Waals surface area contributed by atoms with Crippen molar-refractivity contribution in [1.82, 2.24) is 5.32 Å². The molecule has 0 saturated heterocycles. The smallest absolute Gasteiger partial charge is 0.253 e. The van der Waals surface area contributed by atoms with E-state index in [9.17, 15) is 4.79 Å². The maximum Gasteiger partial charge on any atom is 0.253 e. The number of nitrogen functional groups attached to an aromatic ring is 1. The summed E-state index contributed by atoms with van der Waals surface area (Å²) < 4.78 is 6.55. The summed E-state index contributed by atoms with van der Waals surface area (Å²) >= 11 is 3.32. The molecule has 0 bridgehead atoms. The van der Waals surface area contributed by atoms with Gasteiger partial charge in [0.05, 0.1) is 18.3 Å². The molecule has 1 saturated carbocycles. The van der Waals surface area contributed by atoms with Crippen LogP contribution in [0.4, 0.5) is 5.69 Å². The molecule has 1 aliphatic carbocycles. The molecule has 5 heteroatoms. The Kier molecular flexibility index (Phi) is 5.22. The van der Waals surface area contributed by atoms with Crippen molar-refractivity contribution in [3.05, 3.63) is 28.2 Å². The van der Waals surface area contributed by atoms with E-state index in [1.165, 1.54) is 12.8 Å². The van der Waals surface area contributed by atoms with Gasteiger partial charge >= 0.3 is 0 Å². The predicted molar refractivity (Wildman–Crippen MR) is 79.1 cm³/mol. The summed E-state index contributed by atoms with van der Waals surface area (Å²) in [7, 11) is 0. The van der Waals surface area contributed by atoms with Crippen molar-refractivity contribution in [2.75, 3.05) is 18.9 Å². The highest BCUT2D eigenvalue weighted by Crippen LogP contribution is 2.20. The number of carbonyl (C=O) groups is 1. The van der Waals surface area contributed by atoms with E-state index in [0.717, 1.165) is 17.3 Å². The Labute approximate surface area is 121 Å². The average Bonchev–Trinajstić information content (AvgIpc) is 2.87. The van der Waals surface area contributed by atoms with Crippen LogP contribution in [-0.4, -0.2) is 25.2 Å². The van der Waals surface area contributed by atoms with Crippen LogP contribution in [0.25, 0.3) is 0 Å². The fourth-order valence-corrected chi connectivity index (χ4v) is 2.66. The average molecular weight is 327 g/mol. The summed E-state index contributed by atoms with van der Waals surface area (Å²) in [6, 6.07) is 5.25. The highest BCUT2D eigenvalue weighted by molar-refractivity contribution is 9.10. The number of hydrogen-bond donors (Lipinski definition) is 2. The maximum atomic E-state index is 11.9. The minimum absolute atomic E-state index is 0.153. The molecule has 0 heterocycles. The standard InChI is InChI=1S/C14H19BrN2O2/c15-10-5-6-12(13(16)9-10)14(18)17-7-8-19-11-3-1-2-4-11/h5-6,9,11H,1-4,7-8,16H2,(H,17,18). The van der Waals surface area contributed by atoms with Gasteiger partial charge in [-0.15, -0.1) is 0 Å². The van der Waals surface area contributed by atoms with Crippen LogP contribution in [0.15, 0.2) is 22.7 Å². The molecule has 0 spiro atoms. The van der Waals surface area contributed by atoms with Gasteiger partial charge in [0.1, 0.15) is 0 Å². The van der Waals surface area contributed by atoms with Crippen LogP contribution >= 0.6 is 15.9 Å². The number of carbonyl (C=O) groups excluding carboxylic acids is 1. The van der Waals surface area contributed by atoms with Crippen molar-refractivity contribution in [2.45, 2.75) is 31.8 Å². The van der Waals surface area contributed by atoms with Gasteiger partial charge in [0.2, 0.25) is 0 Å². The van der Waals surface area contributed by atoms with Crippen molar-refractivity contribution >= 4 is 27.5 Å². The fourth-order valence-electron chi connectivity index (χ4n) is 2.28. The van der Waals surface area contributed by atoms with Gasteiger partial charge in [-0.2, -0.15) is 0 Å². The molecule has 1 fully saturated rings. The van der Waals surface area contributed by atoms with E-state index < -0.39 is 0 Å². The molecule has 4 nitrogen and oxygen atoms in total. The number of nitrogens with one attached hydrogen (secondary N) is 1. The number of amides is 1. The molecule has 1 amide bonds. The number of nitrogens with two attached hydrogens (primary N) is 1. The number of hydrogen-bond acceptors (Lipinski definition) is 3. The Hall–Kier alpha value is -1.07. The maximum absolute atomic E-state index is 11.9. The molecule has 0 aromatic heterocycles. The molecule has 1 aromatic carbocycles. The van der Waals surface area contributed by atoms with Gasteiger partial charge < -0.3 is 15.8 Å². The van der Waals surface area contributed by atoms with Gasteiger partial charge in [-0.1, -0.05) is 28.8 Å². The Morgan fingerprint density at radius 3 is 2.84 bits per heavy atom. The molecule has 2 rings (SSSR count). The first kappa shape index (κ1) is 14.3. The second-order valence-electron chi connectivity index (χ2n) is 4.76. The van der Waals surface area contributed by atoms with E-state index in [-0.39, 0.29) is 5.91 Å². The lowest BCUT2D eigenvalue weighted by Crippen LogP contribution is -2.29. The van der Waals surface area contributed by atoms with Crippen LogP contribution in [0.5, 0.6) is 0 Å². The van der Waals surface area contributed by atoms with E-state index in [2.05, 4.69) is 21.2 Å². The van der Waals surface area contributed by atoms with Gasteiger partial charge in [-0.05, 0) is 31.0 Å². The van der Waals surface area contributed by atoms with Gasteiger partial charge in [-0.3, -0.25) is 4.79 Å². The van der Waals surface area contributed by atoms with Gasteiger partial charge in [0, 0.05) is 16.7 Å². The monoisotopic (exact) mass is 326 g/mol. The molecule has 3 N–H and O–H groups in total. The van der Waals surface area contributed by atoms with E-state index in [1.54, 1.807) is 18.2 Å². The zero-order valence-electron chi connectivity index (χ0n) is 10.8. The normalized spacial score (nSPS) is 15.6. The van der Waals surface area contributed by atoms with Crippen LogP contribution in [0, 0.1) is 0 Å². The minimum Gasteiger partial charge on any atom is -0.398 e. The lowest BCUT2D eigenvalue weighted by atomic mass is 10.1. The lowest BCUT2D eigenvalue weighted by molar-refractivity contribution is 0.0582. The SMILES string of the molecule is Nc1cc(Br)ccc1C(=O)NCCOC1CCCC1. The molecule has 1 aliphatic rings. The molecule has 1 aromatic rings. The third-order valence-corrected chi connectivity index (χ3v) is 3.79. The van der Waals surface area contributed by atoms with Crippen LogP contribution in [0.1, 0.15) is 36.0 Å². The van der Waals surface area contributed by atoms with Gasteiger partial charge in [0.25, 0.3) is 5.91 Å². The molecule has 0 unspecified atom stereocenters. The first-order chi connectivity index (χ1) is 9.16. The van der Waals surface area contributed by atoms with Crippen LogP contribution in [0.3, 0.4) is 0 Å². The van der Waals surface area contributed by atoms with Crippen molar-refractivity contribution in [3.63, 3.8) is 0 Å². The van der Waals surface area contributed by atoms with Gasteiger partial charge in [0.15, 0.2) is 0 Å². The Morgan fingerprint density at radius 1 is 1.42 bits per heavy atom. The summed E-state index contributed by atoms with van der Waals surface area (Å²) in [6.45, 7) is 1.08. The summed E-state index contributed by atoms with van der Waals surface area (Å²) in [4.78, 5) is 11.9. The topological polar surface area (TPSA) is 64.4 Å².